The van der Waals surface area contributed by atoms with Crippen LogP contribution in [0, 0.1) is 5.92 Å². The molecule has 2 aromatic carbocycles. The average molecular weight is 414 g/mol. The highest BCUT2D eigenvalue weighted by atomic mass is 79.9. The number of benzene rings is 2. The summed E-state index contributed by atoms with van der Waals surface area (Å²) >= 11 is 3.46. The molecule has 0 aromatic heterocycles. The van der Waals surface area contributed by atoms with Gasteiger partial charge in [0.2, 0.25) is 0 Å². The summed E-state index contributed by atoms with van der Waals surface area (Å²) in [7, 11) is 0. The SMILES string of the molecule is CCOc1ccc([C@@H]2Nc3c(C(=O)O)cc(Br)cc3[C@@H]3C=CC[C@@H]32)cc1. The number of carboxylic acids is 1. The van der Waals surface area contributed by atoms with Crippen molar-refractivity contribution in [2.75, 3.05) is 11.9 Å². The zero-order valence-corrected chi connectivity index (χ0v) is 16.0. The van der Waals surface area contributed by atoms with Crippen LogP contribution in [0.15, 0.2) is 53.0 Å². The first-order chi connectivity index (χ1) is 12.6. The van der Waals surface area contributed by atoms with E-state index in [9.17, 15) is 9.90 Å². The van der Waals surface area contributed by atoms with Crippen molar-refractivity contribution in [1.29, 1.82) is 0 Å². The maximum atomic E-state index is 11.8. The Morgan fingerprint density at radius 3 is 2.77 bits per heavy atom. The molecular weight excluding hydrogens is 394 g/mol. The number of ether oxygens (including phenoxy) is 1. The molecule has 4 rings (SSSR count). The van der Waals surface area contributed by atoms with E-state index in [0.717, 1.165) is 33.5 Å². The lowest BCUT2D eigenvalue weighted by atomic mass is 9.76. The third-order valence-corrected chi connectivity index (χ3v) is 5.67. The fourth-order valence-corrected chi connectivity index (χ4v) is 4.58. The summed E-state index contributed by atoms with van der Waals surface area (Å²) in [5.74, 6) is 0.527. The first-order valence-electron chi connectivity index (χ1n) is 8.81. The highest BCUT2D eigenvalue weighted by molar-refractivity contribution is 9.10. The van der Waals surface area contributed by atoms with E-state index in [2.05, 4.69) is 45.5 Å². The van der Waals surface area contributed by atoms with E-state index < -0.39 is 5.97 Å². The number of carboxylic acid groups (broad SMARTS) is 1. The van der Waals surface area contributed by atoms with E-state index in [1.165, 1.54) is 0 Å². The number of halogens is 1. The molecule has 4 nitrogen and oxygen atoms in total. The highest BCUT2D eigenvalue weighted by Crippen LogP contribution is 2.51. The van der Waals surface area contributed by atoms with Gasteiger partial charge in [-0.25, -0.2) is 4.79 Å². The number of nitrogens with one attached hydrogen (secondary N) is 1. The second-order valence-electron chi connectivity index (χ2n) is 6.70. The second-order valence-corrected chi connectivity index (χ2v) is 7.62. The Morgan fingerprint density at radius 2 is 2.08 bits per heavy atom. The van der Waals surface area contributed by atoms with Crippen molar-refractivity contribution in [2.24, 2.45) is 5.92 Å². The van der Waals surface area contributed by atoms with Gasteiger partial charge < -0.3 is 15.2 Å². The summed E-state index contributed by atoms with van der Waals surface area (Å²) in [5.41, 5.74) is 3.24. The van der Waals surface area contributed by atoms with Gasteiger partial charge >= 0.3 is 5.97 Å². The van der Waals surface area contributed by atoms with Gasteiger partial charge in [-0.2, -0.15) is 0 Å². The summed E-state index contributed by atoms with van der Waals surface area (Å²) in [6.45, 7) is 2.60. The normalized spacial score (nSPS) is 23.1. The van der Waals surface area contributed by atoms with E-state index in [1.54, 1.807) is 6.07 Å². The third-order valence-electron chi connectivity index (χ3n) is 5.21. The number of aromatic carboxylic acids is 1. The lowest BCUT2D eigenvalue weighted by molar-refractivity contribution is 0.0697. The fourth-order valence-electron chi connectivity index (χ4n) is 4.10. The Hall–Kier alpha value is -2.27. The van der Waals surface area contributed by atoms with E-state index >= 15 is 0 Å². The summed E-state index contributed by atoms with van der Waals surface area (Å²) in [5, 5.41) is 13.2. The van der Waals surface area contributed by atoms with E-state index in [1.807, 2.05) is 25.1 Å². The lowest BCUT2D eigenvalue weighted by Gasteiger charge is -2.38. The third kappa shape index (κ3) is 2.90. The van der Waals surface area contributed by atoms with Crippen LogP contribution < -0.4 is 10.1 Å². The zero-order valence-electron chi connectivity index (χ0n) is 14.4. The van der Waals surface area contributed by atoms with Crippen molar-refractivity contribution in [3.63, 3.8) is 0 Å². The number of fused-ring (bicyclic) bond motifs is 3. The topological polar surface area (TPSA) is 58.6 Å². The quantitative estimate of drug-likeness (QED) is 0.661. The van der Waals surface area contributed by atoms with Gasteiger partial charge in [-0.3, -0.25) is 0 Å². The Morgan fingerprint density at radius 1 is 1.31 bits per heavy atom. The second kappa shape index (κ2) is 6.80. The number of carbonyl (C=O) groups is 1. The first-order valence-corrected chi connectivity index (χ1v) is 9.60. The molecule has 2 aromatic rings. The standard InChI is InChI=1S/C21H20BrNO3/c1-2-26-14-8-6-12(7-9-14)19-16-5-3-4-15(16)17-10-13(22)11-18(21(24)25)20(17)23-19/h3-4,6-11,15-16,19,23H,2,5H2,1H3,(H,24,25)/t15-,16+,19+/m1/s1. The molecule has 134 valence electrons. The van der Waals surface area contributed by atoms with E-state index in [4.69, 9.17) is 4.74 Å². The maximum absolute atomic E-state index is 11.8. The van der Waals surface area contributed by atoms with Crippen LogP contribution in [0.2, 0.25) is 0 Å². The van der Waals surface area contributed by atoms with Crippen molar-refractivity contribution in [2.45, 2.75) is 25.3 Å². The first kappa shape index (κ1) is 17.2. The molecule has 26 heavy (non-hydrogen) atoms. The molecule has 1 heterocycles. The minimum absolute atomic E-state index is 0.0671. The molecule has 0 saturated heterocycles. The van der Waals surface area contributed by atoms with Gasteiger partial charge in [-0.1, -0.05) is 40.2 Å². The van der Waals surface area contributed by atoms with Gasteiger partial charge in [0.25, 0.3) is 0 Å². The molecule has 0 fully saturated rings. The highest BCUT2D eigenvalue weighted by Gasteiger charge is 2.39. The van der Waals surface area contributed by atoms with Crippen LogP contribution in [0.25, 0.3) is 0 Å². The molecule has 1 aliphatic heterocycles. The number of anilines is 1. The van der Waals surface area contributed by atoms with Crippen LogP contribution in [0.3, 0.4) is 0 Å². The van der Waals surface area contributed by atoms with Crippen molar-refractivity contribution in [3.8, 4) is 5.75 Å². The van der Waals surface area contributed by atoms with E-state index in [0.29, 0.717) is 18.1 Å². The van der Waals surface area contributed by atoms with Crippen molar-refractivity contribution in [1.82, 2.24) is 0 Å². The van der Waals surface area contributed by atoms with Gasteiger partial charge in [0.05, 0.1) is 23.9 Å². The predicted octanol–water partition coefficient (Wildman–Crippen LogP) is 5.37. The van der Waals surface area contributed by atoms with Crippen LogP contribution in [0.4, 0.5) is 5.69 Å². The number of allylic oxidation sites excluding steroid dienone is 2. The summed E-state index contributed by atoms with van der Waals surface area (Å²) in [6, 6.07) is 11.9. The molecule has 1 aliphatic carbocycles. The summed E-state index contributed by atoms with van der Waals surface area (Å²) in [4.78, 5) is 11.8. The zero-order chi connectivity index (χ0) is 18.3. The van der Waals surface area contributed by atoms with Crippen molar-refractivity contribution < 1.29 is 14.6 Å². The van der Waals surface area contributed by atoms with Crippen LogP contribution in [-0.4, -0.2) is 17.7 Å². The molecule has 0 unspecified atom stereocenters. The molecule has 2 aliphatic rings. The fraction of sp³-hybridized carbons (Fsp3) is 0.286. The van der Waals surface area contributed by atoms with Crippen LogP contribution >= 0.6 is 15.9 Å². The van der Waals surface area contributed by atoms with Crippen LogP contribution in [-0.2, 0) is 0 Å². The molecule has 0 bridgehead atoms. The Bertz CT molecular complexity index is 876. The molecule has 3 atom stereocenters. The smallest absolute Gasteiger partial charge is 0.337 e. The van der Waals surface area contributed by atoms with Crippen molar-refractivity contribution >= 4 is 27.6 Å². The Kier molecular flexibility index (Phi) is 4.49. The van der Waals surface area contributed by atoms with E-state index in [-0.39, 0.29) is 12.0 Å². The molecule has 0 spiro atoms. The molecule has 0 saturated carbocycles. The Labute approximate surface area is 161 Å². The molecule has 5 heteroatoms. The van der Waals surface area contributed by atoms with Crippen LogP contribution in [0.1, 0.15) is 46.8 Å². The lowest BCUT2D eigenvalue weighted by Crippen LogP contribution is -2.30. The van der Waals surface area contributed by atoms with Gasteiger partial charge in [-0.05, 0) is 54.7 Å². The molecular formula is C21H20BrNO3. The van der Waals surface area contributed by atoms with Gasteiger partial charge in [0.15, 0.2) is 0 Å². The monoisotopic (exact) mass is 413 g/mol. The number of hydrogen-bond acceptors (Lipinski definition) is 3. The predicted molar refractivity (Wildman–Crippen MR) is 105 cm³/mol. The Balaban J connectivity index is 1.77. The largest absolute Gasteiger partial charge is 0.494 e. The number of rotatable bonds is 4. The molecule has 0 radical (unpaired) electrons. The van der Waals surface area contributed by atoms with Crippen molar-refractivity contribution in [3.05, 3.63) is 69.7 Å². The van der Waals surface area contributed by atoms with Crippen LogP contribution in [0.5, 0.6) is 5.75 Å². The minimum atomic E-state index is -0.916. The van der Waals surface area contributed by atoms with Gasteiger partial charge in [-0.15, -0.1) is 0 Å². The number of hydrogen-bond donors (Lipinski definition) is 2. The molecule has 2 N–H and O–H groups in total. The molecule has 0 amide bonds. The average Bonchev–Trinajstić information content (AvgIpc) is 3.11. The minimum Gasteiger partial charge on any atom is -0.494 e. The van der Waals surface area contributed by atoms with Gasteiger partial charge in [0, 0.05) is 10.4 Å². The van der Waals surface area contributed by atoms with Gasteiger partial charge in [0.1, 0.15) is 5.75 Å². The summed E-state index contributed by atoms with van der Waals surface area (Å²) in [6.07, 6.45) is 5.39. The summed E-state index contributed by atoms with van der Waals surface area (Å²) < 4.78 is 6.34. The maximum Gasteiger partial charge on any atom is 0.337 e.